The molecule has 2 N–H and O–H groups in total. The van der Waals surface area contributed by atoms with Crippen LogP contribution in [0.2, 0.25) is 0 Å². The van der Waals surface area contributed by atoms with Crippen molar-refractivity contribution in [3.05, 3.63) is 24.0 Å². The Morgan fingerprint density at radius 1 is 1.57 bits per heavy atom. The zero-order chi connectivity index (χ0) is 10.0. The van der Waals surface area contributed by atoms with Crippen molar-refractivity contribution >= 4 is 0 Å². The summed E-state index contributed by atoms with van der Waals surface area (Å²) in [6.45, 7) is 0.514. The molecule has 2 rings (SSSR count). The van der Waals surface area contributed by atoms with E-state index in [4.69, 9.17) is 15.5 Å². The van der Waals surface area contributed by atoms with Crippen molar-refractivity contribution < 1.29 is 9.57 Å². The maximum atomic E-state index is 5.26. The molecule has 0 saturated heterocycles. The molecule has 1 aromatic heterocycles. The molecule has 0 aromatic carbocycles. The summed E-state index contributed by atoms with van der Waals surface area (Å²) < 4.78 is 5.26. The molecule has 1 saturated carbocycles. The fourth-order valence-corrected chi connectivity index (χ4v) is 1.71. The van der Waals surface area contributed by atoms with Crippen LogP contribution in [0.4, 0.5) is 0 Å². The summed E-state index contributed by atoms with van der Waals surface area (Å²) in [5, 5.41) is 0. The predicted molar refractivity (Wildman–Crippen MR) is 51.8 cm³/mol. The molecule has 0 unspecified atom stereocenters. The number of pyridine rings is 1. The van der Waals surface area contributed by atoms with Crippen molar-refractivity contribution in [3.8, 4) is 5.75 Å². The van der Waals surface area contributed by atoms with E-state index in [1.165, 1.54) is 0 Å². The fourth-order valence-electron chi connectivity index (χ4n) is 1.71. The van der Waals surface area contributed by atoms with Gasteiger partial charge in [0.05, 0.1) is 19.4 Å². The minimum atomic E-state index is 0.00134. The second-order valence-electron chi connectivity index (χ2n) is 3.65. The largest absolute Gasteiger partial charge is 0.495 e. The molecule has 0 bridgehead atoms. The van der Waals surface area contributed by atoms with E-state index in [-0.39, 0.29) is 5.41 Å². The van der Waals surface area contributed by atoms with E-state index in [2.05, 4.69) is 4.98 Å². The van der Waals surface area contributed by atoms with Crippen LogP contribution in [-0.2, 0) is 10.3 Å². The Balaban J connectivity index is 2.31. The zero-order valence-corrected chi connectivity index (χ0v) is 8.19. The van der Waals surface area contributed by atoms with Crippen LogP contribution >= 0.6 is 0 Å². The van der Waals surface area contributed by atoms with E-state index >= 15 is 0 Å². The second-order valence-corrected chi connectivity index (χ2v) is 3.65. The topological polar surface area (TPSA) is 57.4 Å². The van der Waals surface area contributed by atoms with E-state index in [9.17, 15) is 0 Å². The van der Waals surface area contributed by atoms with Crippen LogP contribution in [0.1, 0.15) is 18.5 Å². The highest BCUT2D eigenvalue weighted by atomic mass is 16.6. The molecule has 1 heterocycles. The summed E-state index contributed by atoms with van der Waals surface area (Å²) in [6, 6.07) is 3.78. The summed E-state index contributed by atoms with van der Waals surface area (Å²) >= 11 is 0. The first-order chi connectivity index (χ1) is 6.82. The first kappa shape index (κ1) is 9.43. The van der Waals surface area contributed by atoms with Crippen LogP contribution in [0.15, 0.2) is 18.3 Å². The minimum absolute atomic E-state index is 0.00134. The normalized spacial score (nSPS) is 17.9. The van der Waals surface area contributed by atoms with Crippen LogP contribution in [0.25, 0.3) is 0 Å². The predicted octanol–water partition coefficient (Wildman–Crippen LogP) is 1.01. The standard InChI is InChI=1S/C10H14N2O2/c1-13-8-3-2-6-12-9(8)10(4-5-10)7-14-11/h2-3,6H,4-5,7,11H2,1H3. The molecule has 1 aromatic rings. The van der Waals surface area contributed by atoms with Crippen LogP contribution in [-0.4, -0.2) is 18.7 Å². The Kier molecular flexibility index (Phi) is 2.39. The van der Waals surface area contributed by atoms with Gasteiger partial charge in [0.2, 0.25) is 0 Å². The first-order valence-corrected chi connectivity index (χ1v) is 4.63. The highest BCUT2D eigenvalue weighted by Gasteiger charge is 2.47. The molecule has 0 amide bonds. The SMILES string of the molecule is COc1cccnc1C1(CON)CC1. The third kappa shape index (κ3) is 1.47. The van der Waals surface area contributed by atoms with Crippen molar-refractivity contribution in [2.75, 3.05) is 13.7 Å². The van der Waals surface area contributed by atoms with Gasteiger partial charge in [-0.25, -0.2) is 5.90 Å². The summed E-state index contributed by atoms with van der Waals surface area (Å²) in [4.78, 5) is 9.07. The lowest BCUT2D eigenvalue weighted by Gasteiger charge is -2.15. The van der Waals surface area contributed by atoms with Gasteiger partial charge in [-0.2, -0.15) is 0 Å². The number of ether oxygens (including phenoxy) is 1. The number of hydrogen-bond donors (Lipinski definition) is 1. The number of nitrogens with zero attached hydrogens (tertiary/aromatic N) is 1. The lowest BCUT2D eigenvalue weighted by Crippen LogP contribution is -2.20. The summed E-state index contributed by atoms with van der Waals surface area (Å²) in [6.07, 6.45) is 3.91. The molecule has 14 heavy (non-hydrogen) atoms. The number of methoxy groups -OCH3 is 1. The molecule has 1 fully saturated rings. The zero-order valence-electron chi connectivity index (χ0n) is 8.19. The number of nitrogens with two attached hydrogens (primary N) is 1. The van der Waals surface area contributed by atoms with Crippen LogP contribution in [0.3, 0.4) is 0 Å². The van der Waals surface area contributed by atoms with Gasteiger partial charge < -0.3 is 9.57 Å². The molecule has 1 aliphatic carbocycles. The highest BCUT2D eigenvalue weighted by Crippen LogP contribution is 2.50. The second kappa shape index (κ2) is 3.55. The molecular weight excluding hydrogens is 180 g/mol. The Hall–Kier alpha value is -1.13. The smallest absolute Gasteiger partial charge is 0.141 e. The van der Waals surface area contributed by atoms with E-state index in [0.717, 1.165) is 24.3 Å². The van der Waals surface area contributed by atoms with Crippen LogP contribution in [0.5, 0.6) is 5.75 Å². The molecule has 0 aliphatic heterocycles. The van der Waals surface area contributed by atoms with Crippen molar-refractivity contribution in [1.29, 1.82) is 0 Å². The Bertz CT molecular complexity index is 324. The van der Waals surface area contributed by atoms with Gasteiger partial charge >= 0.3 is 0 Å². The maximum Gasteiger partial charge on any atom is 0.141 e. The lowest BCUT2D eigenvalue weighted by atomic mass is 10.0. The third-order valence-corrected chi connectivity index (χ3v) is 2.71. The maximum absolute atomic E-state index is 5.26. The van der Waals surface area contributed by atoms with Gasteiger partial charge in [-0.3, -0.25) is 4.98 Å². The van der Waals surface area contributed by atoms with E-state index in [0.29, 0.717) is 6.61 Å². The highest BCUT2D eigenvalue weighted by molar-refractivity contribution is 5.37. The molecule has 1 aliphatic rings. The van der Waals surface area contributed by atoms with Gasteiger partial charge in [-0.1, -0.05) is 0 Å². The van der Waals surface area contributed by atoms with Gasteiger partial charge in [0.15, 0.2) is 0 Å². The van der Waals surface area contributed by atoms with Crippen molar-refractivity contribution in [2.24, 2.45) is 5.90 Å². The molecule has 76 valence electrons. The van der Waals surface area contributed by atoms with E-state index in [1.54, 1.807) is 13.3 Å². The van der Waals surface area contributed by atoms with E-state index in [1.807, 2.05) is 12.1 Å². The van der Waals surface area contributed by atoms with Gasteiger partial charge in [0, 0.05) is 11.6 Å². The number of hydrogen-bond acceptors (Lipinski definition) is 4. The van der Waals surface area contributed by atoms with Crippen LogP contribution in [0, 0.1) is 0 Å². The quantitative estimate of drug-likeness (QED) is 0.727. The average molecular weight is 194 g/mol. The fraction of sp³-hybridized carbons (Fsp3) is 0.500. The molecule has 4 heteroatoms. The van der Waals surface area contributed by atoms with Gasteiger partial charge in [0.25, 0.3) is 0 Å². The third-order valence-electron chi connectivity index (χ3n) is 2.71. The molecule has 0 spiro atoms. The lowest BCUT2D eigenvalue weighted by molar-refractivity contribution is 0.114. The van der Waals surface area contributed by atoms with Crippen LogP contribution < -0.4 is 10.6 Å². The summed E-state index contributed by atoms with van der Waals surface area (Å²) in [5.41, 5.74) is 0.967. The number of aromatic nitrogens is 1. The van der Waals surface area contributed by atoms with Gasteiger partial charge in [-0.15, -0.1) is 0 Å². The van der Waals surface area contributed by atoms with Crippen molar-refractivity contribution in [3.63, 3.8) is 0 Å². The van der Waals surface area contributed by atoms with Gasteiger partial charge in [-0.05, 0) is 25.0 Å². The summed E-state index contributed by atoms with van der Waals surface area (Å²) in [7, 11) is 1.65. The van der Waals surface area contributed by atoms with E-state index < -0.39 is 0 Å². The van der Waals surface area contributed by atoms with Crippen molar-refractivity contribution in [1.82, 2.24) is 4.98 Å². The van der Waals surface area contributed by atoms with Gasteiger partial charge in [0.1, 0.15) is 5.75 Å². The monoisotopic (exact) mass is 194 g/mol. The average Bonchev–Trinajstić information content (AvgIpc) is 2.99. The molecule has 0 atom stereocenters. The molecule has 4 nitrogen and oxygen atoms in total. The molecular formula is C10H14N2O2. The first-order valence-electron chi connectivity index (χ1n) is 4.63. The minimum Gasteiger partial charge on any atom is -0.495 e. The Morgan fingerprint density at radius 3 is 2.93 bits per heavy atom. The molecule has 0 radical (unpaired) electrons. The number of rotatable bonds is 4. The Labute approximate surface area is 83.0 Å². The summed E-state index contributed by atoms with van der Waals surface area (Å²) in [5.74, 6) is 5.94. The van der Waals surface area contributed by atoms with Crippen molar-refractivity contribution in [2.45, 2.75) is 18.3 Å². The Morgan fingerprint density at radius 2 is 2.36 bits per heavy atom.